The molecule has 0 bridgehead atoms. The number of carbonyl (C=O) groups is 3. The van der Waals surface area contributed by atoms with Crippen molar-refractivity contribution in [3.8, 4) is 0 Å². The molecule has 3 atom stereocenters. The van der Waals surface area contributed by atoms with Gasteiger partial charge in [0.15, 0.2) is 0 Å². The van der Waals surface area contributed by atoms with Crippen LogP contribution in [-0.2, 0) is 9.59 Å². The Bertz CT molecular complexity index is 612. The van der Waals surface area contributed by atoms with E-state index in [1.54, 1.807) is 24.3 Å². The van der Waals surface area contributed by atoms with E-state index in [2.05, 4.69) is 10.6 Å². The quantitative estimate of drug-likeness (QED) is 0.681. The first kappa shape index (κ1) is 18.0. The minimum Gasteiger partial charge on any atom is -0.481 e. The maximum absolute atomic E-state index is 12.1. The monoisotopic (exact) mass is 332 g/mol. The van der Waals surface area contributed by atoms with Crippen molar-refractivity contribution < 1.29 is 19.5 Å². The normalized spacial score (nSPS) is 20.1. The third kappa shape index (κ3) is 4.81. The first-order valence-corrected chi connectivity index (χ1v) is 8.34. The lowest BCUT2D eigenvalue weighted by Gasteiger charge is -2.12. The van der Waals surface area contributed by atoms with Crippen molar-refractivity contribution in [2.45, 2.75) is 33.1 Å². The average Bonchev–Trinajstić information content (AvgIpc) is 3.28. The minimum absolute atomic E-state index is 0.0172. The van der Waals surface area contributed by atoms with Crippen LogP contribution in [0.15, 0.2) is 24.3 Å². The fourth-order valence-corrected chi connectivity index (χ4v) is 2.61. The van der Waals surface area contributed by atoms with Crippen molar-refractivity contribution in [3.63, 3.8) is 0 Å². The Labute approximate surface area is 141 Å². The number of anilines is 1. The zero-order valence-electron chi connectivity index (χ0n) is 14.0. The summed E-state index contributed by atoms with van der Waals surface area (Å²) >= 11 is 0. The molecule has 0 aromatic heterocycles. The molecule has 1 aliphatic carbocycles. The fraction of sp³-hybridized carbons (Fsp3) is 0.500. The summed E-state index contributed by atoms with van der Waals surface area (Å²) < 4.78 is 0. The van der Waals surface area contributed by atoms with Gasteiger partial charge >= 0.3 is 5.97 Å². The fourth-order valence-electron chi connectivity index (χ4n) is 2.61. The van der Waals surface area contributed by atoms with Gasteiger partial charge in [0.1, 0.15) is 0 Å². The van der Waals surface area contributed by atoms with Crippen molar-refractivity contribution in [2.24, 2.45) is 17.8 Å². The topological polar surface area (TPSA) is 95.5 Å². The van der Waals surface area contributed by atoms with Crippen LogP contribution < -0.4 is 10.6 Å². The standard InChI is InChI=1S/C18H24N2O4/c1-3-4-13(18(23)24)10-19-16(21)12-5-7-14(8-6-12)20-17(22)15-9-11(15)2/h5-8,11,13,15H,3-4,9-10H2,1-2H3,(H,19,21)(H,20,22)(H,23,24). The molecule has 130 valence electrons. The van der Waals surface area contributed by atoms with Crippen LogP contribution in [0.5, 0.6) is 0 Å². The van der Waals surface area contributed by atoms with E-state index in [0.29, 0.717) is 23.6 Å². The Kier molecular flexibility index (Phi) is 5.95. The Balaban J connectivity index is 1.86. The summed E-state index contributed by atoms with van der Waals surface area (Å²) in [5.74, 6) is -1.22. The van der Waals surface area contributed by atoms with Crippen LogP contribution >= 0.6 is 0 Å². The molecular weight excluding hydrogens is 308 g/mol. The summed E-state index contributed by atoms with van der Waals surface area (Å²) in [5.41, 5.74) is 1.10. The van der Waals surface area contributed by atoms with Gasteiger partial charge in [0.05, 0.1) is 5.92 Å². The summed E-state index contributed by atoms with van der Waals surface area (Å²) in [6.45, 7) is 4.06. The van der Waals surface area contributed by atoms with E-state index in [1.165, 1.54) is 0 Å². The van der Waals surface area contributed by atoms with Gasteiger partial charge in [-0.05, 0) is 43.0 Å². The highest BCUT2D eigenvalue weighted by Crippen LogP contribution is 2.38. The van der Waals surface area contributed by atoms with Crippen molar-refractivity contribution in [1.82, 2.24) is 5.32 Å². The lowest BCUT2D eigenvalue weighted by atomic mass is 10.0. The number of aliphatic carboxylic acids is 1. The molecule has 0 heterocycles. The van der Waals surface area contributed by atoms with Gasteiger partial charge in [-0.25, -0.2) is 0 Å². The first-order valence-electron chi connectivity index (χ1n) is 8.34. The summed E-state index contributed by atoms with van der Waals surface area (Å²) in [7, 11) is 0. The molecule has 24 heavy (non-hydrogen) atoms. The molecule has 6 nitrogen and oxygen atoms in total. The van der Waals surface area contributed by atoms with Gasteiger partial charge in [-0.1, -0.05) is 20.3 Å². The molecule has 3 unspecified atom stereocenters. The van der Waals surface area contributed by atoms with Gasteiger partial charge in [-0.2, -0.15) is 0 Å². The van der Waals surface area contributed by atoms with E-state index in [1.807, 2.05) is 13.8 Å². The third-order valence-electron chi connectivity index (χ3n) is 4.36. The molecular formula is C18H24N2O4. The van der Waals surface area contributed by atoms with Crippen molar-refractivity contribution in [2.75, 3.05) is 11.9 Å². The lowest BCUT2D eigenvalue weighted by molar-refractivity contribution is -0.141. The highest BCUT2D eigenvalue weighted by atomic mass is 16.4. The van der Waals surface area contributed by atoms with Gasteiger partial charge in [0.25, 0.3) is 5.91 Å². The van der Waals surface area contributed by atoms with E-state index >= 15 is 0 Å². The number of carboxylic acids is 1. The van der Waals surface area contributed by atoms with Crippen LogP contribution in [0.2, 0.25) is 0 Å². The molecule has 3 N–H and O–H groups in total. The zero-order valence-corrected chi connectivity index (χ0v) is 14.0. The molecule has 0 saturated heterocycles. The van der Waals surface area contributed by atoms with Gasteiger partial charge in [-0.15, -0.1) is 0 Å². The van der Waals surface area contributed by atoms with Crippen LogP contribution in [0.1, 0.15) is 43.5 Å². The molecule has 2 amide bonds. The number of carbonyl (C=O) groups excluding carboxylic acids is 2. The predicted molar refractivity (Wildman–Crippen MR) is 90.7 cm³/mol. The highest BCUT2D eigenvalue weighted by Gasteiger charge is 2.39. The van der Waals surface area contributed by atoms with Gasteiger partial charge < -0.3 is 15.7 Å². The van der Waals surface area contributed by atoms with Gasteiger partial charge in [0, 0.05) is 23.7 Å². The maximum Gasteiger partial charge on any atom is 0.308 e. The Morgan fingerprint density at radius 1 is 1.25 bits per heavy atom. The average molecular weight is 332 g/mol. The van der Waals surface area contributed by atoms with Crippen LogP contribution in [0, 0.1) is 17.8 Å². The highest BCUT2D eigenvalue weighted by molar-refractivity contribution is 5.97. The molecule has 1 aromatic rings. The van der Waals surface area contributed by atoms with Gasteiger partial charge in [-0.3, -0.25) is 14.4 Å². The zero-order chi connectivity index (χ0) is 17.7. The second kappa shape index (κ2) is 7.95. The van der Waals surface area contributed by atoms with E-state index in [9.17, 15) is 14.4 Å². The van der Waals surface area contributed by atoms with Crippen molar-refractivity contribution >= 4 is 23.5 Å². The van der Waals surface area contributed by atoms with E-state index in [0.717, 1.165) is 12.8 Å². The second-order valence-corrected chi connectivity index (χ2v) is 6.42. The van der Waals surface area contributed by atoms with Crippen molar-refractivity contribution in [3.05, 3.63) is 29.8 Å². The summed E-state index contributed by atoms with van der Waals surface area (Å²) in [4.78, 5) is 35.0. The maximum atomic E-state index is 12.1. The Hall–Kier alpha value is -2.37. The minimum atomic E-state index is -0.899. The number of benzene rings is 1. The predicted octanol–water partition coefficient (Wildman–Crippen LogP) is 2.51. The van der Waals surface area contributed by atoms with Crippen LogP contribution in [0.4, 0.5) is 5.69 Å². The molecule has 1 aromatic carbocycles. The smallest absolute Gasteiger partial charge is 0.308 e. The third-order valence-corrected chi connectivity index (χ3v) is 4.36. The van der Waals surface area contributed by atoms with E-state index in [-0.39, 0.29) is 24.3 Å². The summed E-state index contributed by atoms with van der Waals surface area (Å²) in [5, 5.41) is 14.6. The van der Waals surface area contributed by atoms with Crippen molar-refractivity contribution in [1.29, 1.82) is 0 Å². The number of amides is 2. The lowest BCUT2D eigenvalue weighted by Crippen LogP contribution is -2.32. The Morgan fingerprint density at radius 2 is 1.88 bits per heavy atom. The molecule has 1 aliphatic rings. The number of hydrogen-bond acceptors (Lipinski definition) is 3. The molecule has 1 fully saturated rings. The number of hydrogen-bond donors (Lipinski definition) is 3. The largest absolute Gasteiger partial charge is 0.481 e. The van der Waals surface area contributed by atoms with Crippen LogP contribution in [-0.4, -0.2) is 29.4 Å². The molecule has 0 spiro atoms. The molecule has 2 rings (SSSR count). The summed E-state index contributed by atoms with van der Waals surface area (Å²) in [6, 6.07) is 6.61. The van der Waals surface area contributed by atoms with E-state index in [4.69, 9.17) is 5.11 Å². The van der Waals surface area contributed by atoms with Gasteiger partial charge in [0.2, 0.25) is 5.91 Å². The van der Waals surface area contributed by atoms with Crippen LogP contribution in [0.25, 0.3) is 0 Å². The van der Waals surface area contributed by atoms with E-state index < -0.39 is 11.9 Å². The molecule has 0 radical (unpaired) electrons. The summed E-state index contributed by atoms with van der Waals surface area (Å²) in [6.07, 6.45) is 2.20. The first-order chi connectivity index (χ1) is 11.4. The number of rotatable bonds is 8. The SMILES string of the molecule is CCCC(CNC(=O)c1ccc(NC(=O)C2CC2C)cc1)C(=O)O. The number of nitrogens with one attached hydrogen (secondary N) is 2. The molecule has 6 heteroatoms. The second-order valence-electron chi connectivity index (χ2n) is 6.42. The Morgan fingerprint density at radius 3 is 2.38 bits per heavy atom. The number of carboxylic acid groups (broad SMARTS) is 1. The van der Waals surface area contributed by atoms with Crippen LogP contribution in [0.3, 0.4) is 0 Å². The molecule has 1 saturated carbocycles. The molecule has 0 aliphatic heterocycles.